The summed E-state index contributed by atoms with van der Waals surface area (Å²) in [5, 5.41) is 14.1. The van der Waals surface area contributed by atoms with Crippen LogP contribution in [0.5, 0.6) is 0 Å². The summed E-state index contributed by atoms with van der Waals surface area (Å²) >= 11 is 3.38. The van der Waals surface area contributed by atoms with Crippen LogP contribution < -0.4 is 5.73 Å². The number of aliphatic hydroxyl groups is 1. The first-order valence-corrected chi connectivity index (χ1v) is 6.07. The molecule has 90 valence electrons. The Morgan fingerprint density at radius 2 is 2.06 bits per heavy atom. The Bertz CT molecular complexity index is 507. The van der Waals surface area contributed by atoms with E-state index in [0.717, 1.165) is 10.0 Å². The molecule has 0 aliphatic rings. The Labute approximate surface area is 108 Å². The highest BCUT2D eigenvalue weighted by Crippen LogP contribution is 2.23. The average molecular weight is 296 g/mol. The molecule has 3 N–H and O–H groups in total. The summed E-state index contributed by atoms with van der Waals surface area (Å²) < 4.78 is 2.58. The van der Waals surface area contributed by atoms with Crippen molar-refractivity contribution in [3.8, 4) is 0 Å². The zero-order valence-corrected chi connectivity index (χ0v) is 11.1. The molecule has 1 aromatic heterocycles. The van der Waals surface area contributed by atoms with E-state index in [1.807, 2.05) is 24.3 Å². The fourth-order valence-corrected chi connectivity index (χ4v) is 1.94. The average Bonchev–Trinajstić information content (AvgIpc) is 2.63. The number of nitrogen functional groups attached to an aromatic ring is 1. The fraction of sp³-hybridized carbons (Fsp3) is 0.250. The lowest BCUT2D eigenvalue weighted by Gasteiger charge is -2.10. The second-order valence-corrected chi connectivity index (χ2v) is 4.87. The number of anilines is 1. The van der Waals surface area contributed by atoms with E-state index in [4.69, 9.17) is 5.73 Å². The largest absolute Gasteiger partial charge is 0.388 e. The molecule has 0 saturated heterocycles. The second-order valence-electron chi connectivity index (χ2n) is 3.96. The van der Waals surface area contributed by atoms with Crippen LogP contribution in [0.15, 0.2) is 34.9 Å². The number of nitrogens with two attached hydrogens (primary N) is 1. The molecule has 0 bridgehead atoms. The first-order chi connectivity index (χ1) is 8.08. The zero-order valence-electron chi connectivity index (χ0n) is 9.47. The van der Waals surface area contributed by atoms with Crippen molar-refractivity contribution in [1.29, 1.82) is 0 Å². The second kappa shape index (κ2) is 4.89. The van der Waals surface area contributed by atoms with Crippen LogP contribution >= 0.6 is 15.9 Å². The lowest BCUT2D eigenvalue weighted by Crippen LogP contribution is -2.05. The van der Waals surface area contributed by atoms with E-state index in [0.29, 0.717) is 17.8 Å². The van der Waals surface area contributed by atoms with E-state index in [1.165, 1.54) is 0 Å². The summed E-state index contributed by atoms with van der Waals surface area (Å²) in [6.07, 6.45) is 1.52. The van der Waals surface area contributed by atoms with Gasteiger partial charge in [0.15, 0.2) is 0 Å². The van der Waals surface area contributed by atoms with Gasteiger partial charge < -0.3 is 10.8 Å². The lowest BCUT2D eigenvalue weighted by molar-refractivity contribution is 0.179. The van der Waals surface area contributed by atoms with Crippen LogP contribution in [-0.4, -0.2) is 14.9 Å². The van der Waals surface area contributed by atoms with Gasteiger partial charge in [-0.25, -0.2) is 0 Å². The van der Waals surface area contributed by atoms with Crippen molar-refractivity contribution in [3.63, 3.8) is 0 Å². The van der Waals surface area contributed by atoms with Crippen molar-refractivity contribution in [2.75, 3.05) is 5.73 Å². The fourth-order valence-electron chi connectivity index (χ4n) is 1.67. The van der Waals surface area contributed by atoms with Gasteiger partial charge in [-0.3, -0.25) is 4.68 Å². The van der Waals surface area contributed by atoms with Crippen LogP contribution in [0.2, 0.25) is 0 Å². The van der Waals surface area contributed by atoms with Gasteiger partial charge in [0.1, 0.15) is 5.82 Å². The Morgan fingerprint density at radius 1 is 1.41 bits per heavy atom. The smallest absolute Gasteiger partial charge is 0.127 e. The van der Waals surface area contributed by atoms with Gasteiger partial charge in [0.05, 0.1) is 12.3 Å². The number of rotatable bonds is 3. The number of aliphatic hydroxyl groups excluding tert-OH is 1. The molecule has 1 unspecified atom stereocenters. The Kier molecular flexibility index (Phi) is 3.49. The molecule has 1 aromatic carbocycles. The van der Waals surface area contributed by atoms with Crippen LogP contribution in [0.3, 0.4) is 0 Å². The normalized spacial score (nSPS) is 12.6. The predicted octanol–water partition coefficient (Wildman–Crippen LogP) is 2.04. The Hall–Kier alpha value is -1.33. The van der Waals surface area contributed by atoms with E-state index in [9.17, 15) is 5.11 Å². The highest BCUT2D eigenvalue weighted by atomic mass is 79.9. The first kappa shape index (κ1) is 12.1. The van der Waals surface area contributed by atoms with Gasteiger partial charge in [-0.15, -0.1) is 0 Å². The molecular formula is C12H14BrN3O. The molecule has 0 radical (unpaired) electrons. The van der Waals surface area contributed by atoms with E-state index in [2.05, 4.69) is 21.0 Å². The quantitative estimate of drug-likeness (QED) is 0.911. The van der Waals surface area contributed by atoms with Crippen LogP contribution in [0.4, 0.5) is 5.82 Å². The minimum atomic E-state index is -0.620. The van der Waals surface area contributed by atoms with Gasteiger partial charge in [0.25, 0.3) is 0 Å². The molecule has 1 heterocycles. The minimum absolute atomic E-state index is 0.509. The summed E-state index contributed by atoms with van der Waals surface area (Å²) in [6, 6.07) is 7.85. The standard InChI is InChI=1S/C12H14BrN3O/c1-16-12(14)10(7-15-16)11(17)6-8-2-4-9(13)5-3-8/h2-5,7,11,17H,6,14H2,1H3. The van der Waals surface area contributed by atoms with Crippen molar-refractivity contribution in [1.82, 2.24) is 9.78 Å². The highest BCUT2D eigenvalue weighted by Gasteiger charge is 2.15. The molecule has 0 amide bonds. The molecule has 17 heavy (non-hydrogen) atoms. The molecule has 4 nitrogen and oxygen atoms in total. The number of nitrogens with zero attached hydrogens (tertiary/aromatic N) is 2. The molecule has 0 fully saturated rings. The Balaban J connectivity index is 2.14. The number of halogens is 1. The van der Waals surface area contributed by atoms with Crippen LogP contribution in [-0.2, 0) is 13.5 Å². The third-order valence-electron chi connectivity index (χ3n) is 2.72. The molecule has 0 spiro atoms. The molecule has 2 aromatic rings. The molecule has 0 saturated carbocycles. The number of aromatic nitrogens is 2. The minimum Gasteiger partial charge on any atom is -0.388 e. The van der Waals surface area contributed by atoms with E-state index >= 15 is 0 Å². The van der Waals surface area contributed by atoms with Gasteiger partial charge in [0, 0.05) is 23.5 Å². The van der Waals surface area contributed by atoms with Crippen molar-refractivity contribution in [3.05, 3.63) is 46.1 Å². The summed E-state index contributed by atoms with van der Waals surface area (Å²) in [6.45, 7) is 0. The maximum Gasteiger partial charge on any atom is 0.127 e. The maximum absolute atomic E-state index is 10.1. The summed E-state index contributed by atoms with van der Waals surface area (Å²) in [5.41, 5.74) is 7.55. The van der Waals surface area contributed by atoms with Crippen molar-refractivity contribution in [2.24, 2.45) is 7.05 Å². The maximum atomic E-state index is 10.1. The number of hydrogen-bond acceptors (Lipinski definition) is 3. The first-order valence-electron chi connectivity index (χ1n) is 5.28. The van der Waals surface area contributed by atoms with E-state index in [1.54, 1.807) is 17.9 Å². The van der Waals surface area contributed by atoms with Crippen molar-refractivity contribution in [2.45, 2.75) is 12.5 Å². The molecule has 1 atom stereocenters. The van der Waals surface area contributed by atoms with Crippen LogP contribution in [0.1, 0.15) is 17.2 Å². The SMILES string of the molecule is Cn1ncc(C(O)Cc2ccc(Br)cc2)c1N. The molecule has 2 rings (SSSR count). The zero-order chi connectivity index (χ0) is 12.4. The van der Waals surface area contributed by atoms with Gasteiger partial charge >= 0.3 is 0 Å². The van der Waals surface area contributed by atoms with Crippen LogP contribution in [0.25, 0.3) is 0 Å². The van der Waals surface area contributed by atoms with Gasteiger partial charge in [-0.1, -0.05) is 28.1 Å². The van der Waals surface area contributed by atoms with Gasteiger partial charge in [-0.05, 0) is 17.7 Å². The number of benzene rings is 1. The predicted molar refractivity (Wildman–Crippen MR) is 70.4 cm³/mol. The van der Waals surface area contributed by atoms with Crippen LogP contribution in [0, 0.1) is 0 Å². The number of aryl methyl sites for hydroxylation is 1. The summed E-state index contributed by atoms with van der Waals surface area (Å²) in [5.74, 6) is 0.509. The van der Waals surface area contributed by atoms with E-state index in [-0.39, 0.29) is 0 Å². The van der Waals surface area contributed by atoms with Gasteiger partial charge in [-0.2, -0.15) is 5.10 Å². The van der Waals surface area contributed by atoms with E-state index < -0.39 is 6.10 Å². The Morgan fingerprint density at radius 3 is 2.59 bits per heavy atom. The topological polar surface area (TPSA) is 64.1 Å². The highest BCUT2D eigenvalue weighted by molar-refractivity contribution is 9.10. The lowest BCUT2D eigenvalue weighted by atomic mass is 10.0. The van der Waals surface area contributed by atoms with Gasteiger partial charge in [0.2, 0.25) is 0 Å². The monoisotopic (exact) mass is 295 g/mol. The third-order valence-corrected chi connectivity index (χ3v) is 3.24. The number of hydrogen-bond donors (Lipinski definition) is 2. The molecule has 0 aliphatic heterocycles. The molecular weight excluding hydrogens is 282 g/mol. The third kappa shape index (κ3) is 2.68. The molecule has 5 heteroatoms. The summed E-state index contributed by atoms with van der Waals surface area (Å²) in [4.78, 5) is 0. The van der Waals surface area contributed by atoms with Crippen molar-refractivity contribution >= 4 is 21.7 Å². The summed E-state index contributed by atoms with van der Waals surface area (Å²) in [7, 11) is 1.76. The molecule has 0 aliphatic carbocycles. The van der Waals surface area contributed by atoms with Crippen molar-refractivity contribution < 1.29 is 5.11 Å².